The van der Waals surface area contributed by atoms with Crippen LogP contribution in [0.3, 0.4) is 0 Å². The molecule has 2 rings (SSSR count). The van der Waals surface area contributed by atoms with Crippen molar-refractivity contribution < 1.29 is 4.79 Å². The van der Waals surface area contributed by atoms with Crippen LogP contribution < -0.4 is 5.73 Å². The second-order valence-electron chi connectivity index (χ2n) is 5.45. The van der Waals surface area contributed by atoms with Gasteiger partial charge in [-0.15, -0.1) is 0 Å². The van der Waals surface area contributed by atoms with Gasteiger partial charge in [-0.05, 0) is 25.0 Å². The third-order valence-electron chi connectivity index (χ3n) is 3.89. The molecular weight excluding hydrogens is 238 g/mol. The normalized spacial score (nSPS) is 20.4. The van der Waals surface area contributed by atoms with Crippen molar-refractivity contribution in [3.05, 3.63) is 35.4 Å². The Bertz CT molecular complexity index is 458. The molecule has 1 amide bonds. The molecule has 1 fully saturated rings. The van der Waals surface area contributed by atoms with E-state index in [9.17, 15) is 4.79 Å². The van der Waals surface area contributed by atoms with Crippen LogP contribution in [0.2, 0.25) is 0 Å². The molecule has 0 spiro atoms. The van der Waals surface area contributed by atoms with Crippen LogP contribution in [-0.4, -0.2) is 48.4 Å². The van der Waals surface area contributed by atoms with E-state index >= 15 is 0 Å². The van der Waals surface area contributed by atoms with Crippen molar-refractivity contribution in [3.63, 3.8) is 0 Å². The van der Waals surface area contributed by atoms with E-state index in [-0.39, 0.29) is 18.0 Å². The van der Waals surface area contributed by atoms with Crippen molar-refractivity contribution in [1.82, 2.24) is 9.80 Å². The SMILES string of the molecule is Cc1ccccc1C(C(C)N)N1CCN(C)C(=O)C1. The fourth-order valence-corrected chi connectivity index (χ4v) is 2.75. The first-order chi connectivity index (χ1) is 9.00. The summed E-state index contributed by atoms with van der Waals surface area (Å²) in [6.45, 7) is 6.22. The number of amides is 1. The highest BCUT2D eigenvalue weighted by Crippen LogP contribution is 2.27. The number of piperazine rings is 1. The Morgan fingerprint density at radius 2 is 1.95 bits per heavy atom. The largest absolute Gasteiger partial charge is 0.343 e. The molecule has 1 heterocycles. The average Bonchev–Trinajstić information content (AvgIpc) is 2.36. The maximum absolute atomic E-state index is 11.9. The van der Waals surface area contributed by atoms with Crippen LogP contribution in [0.4, 0.5) is 0 Å². The van der Waals surface area contributed by atoms with Gasteiger partial charge < -0.3 is 10.6 Å². The molecule has 2 atom stereocenters. The minimum atomic E-state index is -0.00249. The van der Waals surface area contributed by atoms with E-state index in [1.807, 2.05) is 26.1 Å². The third-order valence-corrected chi connectivity index (χ3v) is 3.89. The Labute approximate surface area is 115 Å². The van der Waals surface area contributed by atoms with Crippen molar-refractivity contribution in [2.75, 3.05) is 26.7 Å². The van der Waals surface area contributed by atoms with E-state index in [0.29, 0.717) is 6.54 Å². The van der Waals surface area contributed by atoms with Crippen LogP contribution >= 0.6 is 0 Å². The molecule has 2 N–H and O–H groups in total. The van der Waals surface area contributed by atoms with Gasteiger partial charge in [0.25, 0.3) is 0 Å². The van der Waals surface area contributed by atoms with Gasteiger partial charge in [-0.1, -0.05) is 24.3 Å². The van der Waals surface area contributed by atoms with Gasteiger partial charge in [-0.2, -0.15) is 0 Å². The molecule has 0 radical (unpaired) electrons. The number of likely N-dealkylation sites (N-methyl/N-ethyl adjacent to an activating group) is 1. The lowest BCUT2D eigenvalue weighted by Gasteiger charge is -2.39. The molecule has 0 aliphatic carbocycles. The van der Waals surface area contributed by atoms with Crippen LogP contribution in [0.25, 0.3) is 0 Å². The van der Waals surface area contributed by atoms with Crippen molar-refractivity contribution >= 4 is 5.91 Å². The van der Waals surface area contributed by atoms with Gasteiger partial charge in [-0.3, -0.25) is 9.69 Å². The molecular formula is C15H23N3O. The zero-order chi connectivity index (χ0) is 14.0. The monoisotopic (exact) mass is 261 g/mol. The number of nitrogens with two attached hydrogens (primary N) is 1. The first kappa shape index (κ1) is 14.0. The highest BCUT2D eigenvalue weighted by atomic mass is 16.2. The van der Waals surface area contributed by atoms with Gasteiger partial charge in [0, 0.05) is 26.2 Å². The topological polar surface area (TPSA) is 49.6 Å². The number of rotatable bonds is 3. The predicted octanol–water partition coefficient (Wildman–Crippen LogP) is 1.16. The van der Waals surface area contributed by atoms with Gasteiger partial charge in [0.15, 0.2) is 0 Å². The summed E-state index contributed by atoms with van der Waals surface area (Å²) in [4.78, 5) is 15.9. The fraction of sp³-hybridized carbons (Fsp3) is 0.533. The summed E-state index contributed by atoms with van der Waals surface area (Å²) in [5.74, 6) is 0.172. The molecule has 1 aliphatic rings. The Balaban J connectivity index is 2.27. The lowest BCUT2D eigenvalue weighted by molar-refractivity contribution is -0.135. The maximum Gasteiger partial charge on any atom is 0.236 e. The Morgan fingerprint density at radius 1 is 1.26 bits per heavy atom. The molecule has 0 saturated carbocycles. The van der Waals surface area contributed by atoms with E-state index < -0.39 is 0 Å². The van der Waals surface area contributed by atoms with Crippen molar-refractivity contribution in [2.45, 2.75) is 25.9 Å². The van der Waals surface area contributed by atoms with E-state index in [4.69, 9.17) is 5.73 Å². The summed E-state index contributed by atoms with van der Waals surface area (Å²) in [5, 5.41) is 0. The number of nitrogens with zero attached hydrogens (tertiary/aromatic N) is 2. The van der Waals surface area contributed by atoms with Gasteiger partial charge in [0.05, 0.1) is 12.6 Å². The third kappa shape index (κ3) is 2.96. The summed E-state index contributed by atoms with van der Waals surface area (Å²) in [6.07, 6.45) is 0. The summed E-state index contributed by atoms with van der Waals surface area (Å²) in [6, 6.07) is 8.40. The smallest absolute Gasteiger partial charge is 0.236 e. The highest BCUT2D eigenvalue weighted by molar-refractivity contribution is 5.78. The predicted molar refractivity (Wildman–Crippen MR) is 76.8 cm³/mol. The second kappa shape index (κ2) is 5.72. The molecule has 4 heteroatoms. The second-order valence-corrected chi connectivity index (χ2v) is 5.45. The molecule has 1 aromatic carbocycles. The minimum Gasteiger partial charge on any atom is -0.343 e. The number of hydrogen-bond acceptors (Lipinski definition) is 3. The summed E-state index contributed by atoms with van der Waals surface area (Å²) in [7, 11) is 1.86. The zero-order valence-corrected chi connectivity index (χ0v) is 12.0. The van der Waals surface area contributed by atoms with Gasteiger partial charge in [0.1, 0.15) is 0 Å². The highest BCUT2D eigenvalue weighted by Gasteiger charge is 2.30. The quantitative estimate of drug-likeness (QED) is 0.888. The molecule has 19 heavy (non-hydrogen) atoms. The first-order valence-electron chi connectivity index (χ1n) is 6.80. The van der Waals surface area contributed by atoms with E-state index in [2.05, 4.69) is 24.0 Å². The summed E-state index contributed by atoms with van der Waals surface area (Å²) >= 11 is 0. The van der Waals surface area contributed by atoms with Crippen molar-refractivity contribution in [1.29, 1.82) is 0 Å². The molecule has 0 aromatic heterocycles. The van der Waals surface area contributed by atoms with Crippen LogP contribution in [0.15, 0.2) is 24.3 Å². The number of carbonyl (C=O) groups excluding carboxylic acids is 1. The summed E-state index contributed by atoms with van der Waals surface area (Å²) < 4.78 is 0. The Kier molecular flexibility index (Phi) is 4.22. The van der Waals surface area contributed by atoms with E-state index in [1.54, 1.807) is 4.90 Å². The Morgan fingerprint density at radius 3 is 2.53 bits per heavy atom. The van der Waals surface area contributed by atoms with Crippen LogP contribution in [0.5, 0.6) is 0 Å². The minimum absolute atomic E-state index is 0.00249. The number of aryl methyl sites for hydroxylation is 1. The molecule has 1 saturated heterocycles. The standard InChI is InChI=1S/C15H23N3O/c1-11-6-4-5-7-13(11)15(12(2)16)18-9-8-17(3)14(19)10-18/h4-7,12,15H,8-10,16H2,1-3H3. The number of hydrogen-bond donors (Lipinski definition) is 1. The van der Waals surface area contributed by atoms with Crippen LogP contribution in [0.1, 0.15) is 24.1 Å². The van der Waals surface area contributed by atoms with E-state index in [1.165, 1.54) is 11.1 Å². The lowest BCUT2D eigenvalue weighted by Crippen LogP contribution is -2.52. The molecule has 0 bridgehead atoms. The molecule has 4 nitrogen and oxygen atoms in total. The summed E-state index contributed by atoms with van der Waals surface area (Å²) in [5.41, 5.74) is 8.65. The molecule has 104 valence electrons. The fourth-order valence-electron chi connectivity index (χ4n) is 2.75. The molecule has 2 unspecified atom stereocenters. The van der Waals surface area contributed by atoms with Gasteiger partial charge in [-0.25, -0.2) is 0 Å². The maximum atomic E-state index is 11.9. The van der Waals surface area contributed by atoms with Crippen LogP contribution in [-0.2, 0) is 4.79 Å². The Hall–Kier alpha value is -1.39. The average molecular weight is 261 g/mol. The van der Waals surface area contributed by atoms with E-state index in [0.717, 1.165) is 13.1 Å². The van der Waals surface area contributed by atoms with Crippen molar-refractivity contribution in [3.8, 4) is 0 Å². The lowest BCUT2D eigenvalue weighted by atomic mass is 9.94. The molecule has 1 aromatic rings. The van der Waals surface area contributed by atoms with Crippen LogP contribution in [0, 0.1) is 6.92 Å². The number of carbonyl (C=O) groups is 1. The molecule has 1 aliphatic heterocycles. The van der Waals surface area contributed by atoms with Gasteiger partial charge in [0.2, 0.25) is 5.91 Å². The first-order valence-corrected chi connectivity index (χ1v) is 6.80. The number of benzene rings is 1. The van der Waals surface area contributed by atoms with Gasteiger partial charge >= 0.3 is 0 Å². The zero-order valence-electron chi connectivity index (χ0n) is 12.0. The van der Waals surface area contributed by atoms with Crippen molar-refractivity contribution in [2.24, 2.45) is 5.73 Å².